The first-order valence-corrected chi connectivity index (χ1v) is 4.96. The highest BCUT2D eigenvalue weighted by Crippen LogP contribution is 2.25. The van der Waals surface area contributed by atoms with Gasteiger partial charge in [0.2, 0.25) is 0 Å². The van der Waals surface area contributed by atoms with E-state index in [1.54, 1.807) is 0 Å². The van der Waals surface area contributed by atoms with Gasteiger partial charge in [0.05, 0.1) is 12.2 Å². The Morgan fingerprint density at radius 2 is 1.88 bits per heavy atom. The lowest BCUT2D eigenvalue weighted by Gasteiger charge is -2.18. The molecule has 1 saturated heterocycles. The molecule has 1 fully saturated rings. The second kappa shape index (κ2) is 4.40. The van der Waals surface area contributed by atoms with E-state index in [0.29, 0.717) is 6.07 Å². The molecule has 17 heavy (non-hydrogen) atoms. The molecule has 1 aliphatic heterocycles. The molecule has 5 N–H and O–H groups in total. The molecule has 0 bridgehead atoms. The Morgan fingerprint density at radius 1 is 1.29 bits per heavy atom. The number of halogens is 2. The van der Waals surface area contributed by atoms with Crippen molar-refractivity contribution in [2.45, 2.75) is 12.2 Å². The van der Waals surface area contributed by atoms with Crippen molar-refractivity contribution in [2.24, 2.45) is 5.84 Å². The van der Waals surface area contributed by atoms with Gasteiger partial charge in [-0.15, -0.1) is 0 Å². The van der Waals surface area contributed by atoms with E-state index in [-0.39, 0.29) is 24.7 Å². The van der Waals surface area contributed by atoms with Crippen LogP contribution >= 0.6 is 0 Å². The van der Waals surface area contributed by atoms with Crippen molar-refractivity contribution in [1.29, 1.82) is 0 Å². The number of anilines is 2. The predicted octanol–water partition coefficient (Wildman–Crippen LogP) is -0.813. The molecule has 0 amide bonds. The Hall–Kier alpha value is -1.51. The highest BCUT2D eigenvalue weighted by atomic mass is 19.1. The van der Waals surface area contributed by atoms with Crippen LogP contribution < -0.4 is 16.2 Å². The van der Waals surface area contributed by atoms with Crippen molar-refractivity contribution in [3.8, 4) is 0 Å². The first-order valence-electron chi connectivity index (χ1n) is 4.96. The molecule has 0 saturated carbocycles. The predicted molar refractivity (Wildman–Crippen MR) is 56.2 cm³/mol. The van der Waals surface area contributed by atoms with Gasteiger partial charge in [-0.05, 0) is 0 Å². The second-order valence-electron chi connectivity index (χ2n) is 3.81. The number of aliphatic hydroxyl groups excluding tert-OH is 2. The summed E-state index contributed by atoms with van der Waals surface area (Å²) in [5.74, 6) is 2.80. The molecule has 2 rings (SSSR count). The lowest BCUT2D eigenvalue weighted by molar-refractivity contribution is 0.0572. The molecular weight excluding hydrogens is 234 g/mol. The van der Waals surface area contributed by atoms with Crippen LogP contribution in [0.25, 0.3) is 0 Å². The maximum Gasteiger partial charge on any atom is 0.178 e. The van der Waals surface area contributed by atoms with Gasteiger partial charge in [0.1, 0.15) is 0 Å². The monoisotopic (exact) mass is 246 g/mol. The number of nitrogens with zero attached hydrogens (tertiary/aromatic N) is 2. The summed E-state index contributed by atoms with van der Waals surface area (Å²) in [6.07, 6.45) is -1.95. The fourth-order valence-corrected chi connectivity index (χ4v) is 1.72. The number of nitrogen functional groups attached to an aromatic ring is 1. The molecule has 1 aromatic rings. The summed E-state index contributed by atoms with van der Waals surface area (Å²) >= 11 is 0. The minimum absolute atomic E-state index is 0.0285. The number of β-amino-alcohol motifs (C(OH)–C–C–N with tert-alkyl or cyclic N) is 2. The highest BCUT2D eigenvalue weighted by Gasteiger charge is 2.32. The third-order valence-electron chi connectivity index (χ3n) is 2.61. The maximum atomic E-state index is 13.5. The summed E-state index contributed by atoms with van der Waals surface area (Å²) in [7, 11) is 0. The van der Waals surface area contributed by atoms with Gasteiger partial charge in [0, 0.05) is 19.2 Å². The zero-order valence-electron chi connectivity index (χ0n) is 8.77. The normalized spacial score (nSPS) is 24.2. The number of nitrogens with one attached hydrogen (secondary N) is 1. The quantitative estimate of drug-likeness (QED) is 0.402. The minimum atomic E-state index is -0.976. The number of aliphatic hydroxyl groups is 2. The van der Waals surface area contributed by atoms with Crippen LogP contribution in [0.1, 0.15) is 0 Å². The third-order valence-corrected chi connectivity index (χ3v) is 2.61. The van der Waals surface area contributed by atoms with Crippen LogP contribution in [0.2, 0.25) is 0 Å². The van der Waals surface area contributed by atoms with Gasteiger partial charge in [0.15, 0.2) is 23.3 Å². The van der Waals surface area contributed by atoms with Crippen molar-refractivity contribution >= 4 is 11.6 Å². The van der Waals surface area contributed by atoms with Gasteiger partial charge in [-0.2, -0.15) is 0 Å². The number of aromatic nitrogens is 1. The van der Waals surface area contributed by atoms with Crippen molar-refractivity contribution in [3.05, 3.63) is 17.7 Å². The molecular formula is C9H12F2N4O2. The summed E-state index contributed by atoms with van der Waals surface area (Å²) in [6.45, 7) is 0.0570. The second-order valence-corrected chi connectivity index (χ2v) is 3.81. The van der Waals surface area contributed by atoms with Crippen LogP contribution in [0.3, 0.4) is 0 Å². The molecule has 0 spiro atoms. The van der Waals surface area contributed by atoms with Gasteiger partial charge >= 0.3 is 0 Å². The number of rotatable bonds is 2. The van der Waals surface area contributed by atoms with E-state index in [1.807, 2.05) is 5.43 Å². The van der Waals surface area contributed by atoms with E-state index in [9.17, 15) is 19.0 Å². The lowest BCUT2D eigenvalue weighted by Crippen LogP contribution is -2.24. The number of hydrogen-bond donors (Lipinski definition) is 4. The lowest BCUT2D eigenvalue weighted by atomic mass is 10.3. The average Bonchev–Trinajstić information content (AvgIpc) is 2.59. The maximum absolute atomic E-state index is 13.5. The topological polar surface area (TPSA) is 94.6 Å². The van der Waals surface area contributed by atoms with Crippen molar-refractivity contribution < 1.29 is 19.0 Å². The average molecular weight is 246 g/mol. The van der Waals surface area contributed by atoms with Crippen LogP contribution in [-0.4, -0.2) is 40.5 Å². The first-order chi connectivity index (χ1) is 8.02. The molecule has 0 radical (unpaired) electrons. The van der Waals surface area contributed by atoms with Crippen LogP contribution in [0.4, 0.5) is 20.4 Å². The van der Waals surface area contributed by atoms with E-state index in [0.717, 1.165) is 0 Å². The van der Waals surface area contributed by atoms with Crippen molar-refractivity contribution in [1.82, 2.24) is 4.98 Å². The smallest absolute Gasteiger partial charge is 0.178 e. The van der Waals surface area contributed by atoms with Gasteiger partial charge < -0.3 is 20.5 Å². The molecule has 8 heteroatoms. The summed E-state index contributed by atoms with van der Waals surface area (Å²) in [4.78, 5) is 4.98. The molecule has 1 aliphatic rings. The molecule has 2 unspecified atom stereocenters. The molecule has 94 valence electrons. The first kappa shape index (κ1) is 12.0. The number of nitrogens with two attached hydrogens (primary N) is 1. The van der Waals surface area contributed by atoms with E-state index < -0.39 is 23.8 Å². The Morgan fingerprint density at radius 3 is 2.41 bits per heavy atom. The fourth-order valence-electron chi connectivity index (χ4n) is 1.72. The summed E-state index contributed by atoms with van der Waals surface area (Å²) in [5, 5.41) is 18.7. The van der Waals surface area contributed by atoms with Crippen molar-refractivity contribution in [3.63, 3.8) is 0 Å². The van der Waals surface area contributed by atoms with Gasteiger partial charge in [0.25, 0.3) is 0 Å². The van der Waals surface area contributed by atoms with Crippen LogP contribution in [0, 0.1) is 11.6 Å². The Bertz CT molecular complexity index is 422. The van der Waals surface area contributed by atoms with Gasteiger partial charge in [-0.1, -0.05) is 0 Å². The molecule has 0 aromatic carbocycles. The van der Waals surface area contributed by atoms with Gasteiger partial charge in [-0.3, -0.25) is 0 Å². The zero-order valence-corrected chi connectivity index (χ0v) is 8.77. The number of hydrazine groups is 1. The van der Waals surface area contributed by atoms with Gasteiger partial charge in [-0.25, -0.2) is 19.6 Å². The third kappa shape index (κ3) is 2.14. The standard InChI is InChI=1S/C9H12F2N4O2/c10-4-1-5(11)9(13-8(4)14-12)15-2-6(16)7(17)3-15/h1,6-7,16-17H,2-3,12H2,(H,13,14). The number of hydrogen-bond acceptors (Lipinski definition) is 6. The summed E-state index contributed by atoms with van der Waals surface area (Å²) in [5.41, 5.74) is 2.00. The Balaban J connectivity index is 2.33. The molecule has 1 aromatic heterocycles. The minimum Gasteiger partial charge on any atom is -0.389 e. The largest absolute Gasteiger partial charge is 0.389 e. The summed E-state index contributed by atoms with van der Waals surface area (Å²) < 4.78 is 26.6. The van der Waals surface area contributed by atoms with Crippen LogP contribution in [-0.2, 0) is 0 Å². The Labute approximate surface area is 95.6 Å². The number of pyridine rings is 1. The molecule has 2 heterocycles. The Kier molecular flexibility index (Phi) is 3.09. The van der Waals surface area contributed by atoms with E-state index in [2.05, 4.69) is 4.98 Å². The van der Waals surface area contributed by atoms with Crippen LogP contribution in [0.5, 0.6) is 0 Å². The summed E-state index contributed by atoms with van der Waals surface area (Å²) in [6, 6.07) is 0.647. The highest BCUT2D eigenvalue weighted by molar-refractivity contribution is 5.49. The van der Waals surface area contributed by atoms with E-state index in [1.165, 1.54) is 4.90 Å². The SMILES string of the molecule is NNc1nc(N2CC(O)C(O)C2)c(F)cc1F. The van der Waals surface area contributed by atoms with E-state index >= 15 is 0 Å². The molecule has 2 atom stereocenters. The zero-order chi connectivity index (χ0) is 12.6. The molecule has 0 aliphatic carbocycles. The fraction of sp³-hybridized carbons (Fsp3) is 0.444. The van der Waals surface area contributed by atoms with E-state index in [4.69, 9.17) is 5.84 Å². The van der Waals surface area contributed by atoms with Crippen LogP contribution in [0.15, 0.2) is 6.07 Å². The molecule has 6 nitrogen and oxygen atoms in total. The van der Waals surface area contributed by atoms with Crippen molar-refractivity contribution in [2.75, 3.05) is 23.4 Å².